The summed E-state index contributed by atoms with van der Waals surface area (Å²) >= 11 is 0. The highest BCUT2D eigenvalue weighted by Crippen LogP contribution is 2.10. The van der Waals surface area contributed by atoms with Crippen LogP contribution in [0.4, 0.5) is 0 Å². The van der Waals surface area contributed by atoms with Gasteiger partial charge in [-0.2, -0.15) is 0 Å². The van der Waals surface area contributed by atoms with Gasteiger partial charge in [-0.25, -0.2) is 0 Å². The highest BCUT2D eigenvalue weighted by Gasteiger charge is 2.24. The van der Waals surface area contributed by atoms with Gasteiger partial charge in [-0.1, -0.05) is 37.3 Å². The van der Waals surface area contributed by atoms with E-state index in [9.17, 15) is 9.59 Å². The van der Waals surface area contributed by atoms with Crippen LogP contribution in [-0.2, 0) is 20.9 Å². The Morgan fingerprint density at radius 3 is 2.55 bits per heavy atom. The molecule has 22 heavy (non-hydrogen) atoms. The summed E-state index contributed by atoms with van der Waals surface area (Å²) in [5, 5.41) is 2.85. The maximum absolute atomic E-state index is 12.2. The molecular weight excluding hydrogens is 280 g/mol. The summed E-state index contributed by atoms with van der Waals surface area (Å²) in [6.45, 7) is 5.18. The number of nitrogens with one attached hydrogen (secondary N) is 1. The molecule has 5 nitrogen and oxygen atoms in total. The number of amides is 2. The smallest absolute Gasteiger partial charge is 0.242 e. The lowest BCUT2D eigenvalue weighted by Gasteiger charge is -2.28. The summed E-state index contributed by atoms with van der Waals surface area (Å²) in [6, 6.07) is 9.22. The minimum atomic E-state index is -0.491. The maximum atomic E-state index is 12.2. The molecule has 0 aliphatic carbocycles. The van der Waals surface area contributed by atoms with Crippen molar-refractivity contribution in [2.75, 3.05) is 20.3 Å². The molecule has 1 N–H and O–H groups in total. The van der Waals surface area contributed by atoms with Gasteiger partial charge in [-0.05, 0) is 18.9 Å². The van der Waals surface area contributed by atoms with Gasteiger partial charge >= 0.3 is 0 Å². The fraction of sp³-hybridized carbons (Fsp3) is 0.529. The fourth-order valence-corrected chi connectivity index (χ4v) is 2.14. The molecule has 1 atom stereocenters. The first-order valence-electron chi connectivity index (χ1n) is 7.70. The first-order valence-corrected chi connectivity index (χ1v) is 7.70. The van der Waals surface area contributed by atoms with Crippen LogP contribution in [0.1, 0.15) is 32.3 Å². The van der Waals surface area contributed by atoms with Gasteiger partial charge in [0.1, 0.15) is 6.04 Å². The second kappa shape index (κ2) is 9.95. The molecule has 1 rings (SSSR count). The van der Waals surface area contributed by atoms with Gasteiger partial charge in [0.05, 0.1) is 0 Å². The number of hydrogen-bond donors (Lipinski definition) is 1. The summed E-state index contributed by atoms with van der Waals surface area (Å²) < 4.78 is 4.95. The Balaban J connectivity index is 2.66. The molecule has 0 aliphatic rings. The molecule has 122 valence electrons. The maximum Gasteiger partial charge on any atom is 0.242 e. The van der Waals surface area contributed by atoms with Gasteiger partial charge in [0.2, 0.25) is 11.8 Å². The number of methoxy groups -OCH3 is 1. The van der Waals surface area contributed by atoms with Crippen LogP contribution in [0.3, 0.4) is 0 Å². The van der Waals surface area contributed by atoms with Gasteiger partial charge in [-0.3, -0.25) is 9.59 Å². The molecule has 0 radical (unpaired) electrons. The largest absolute Gasteiger partial charge is 0.385 e. The van der Waals surface area contributed by atoms with Crippen molar-refractivity contribution < 1.29 is 14.3 Å². The minimum Gasteiger partial charge on any atom is -0.385 e. The summed E-state index contributed by atoms with van der Waals surface area (Å²) in [7, 11) is 1.63. The Hall–Kier alpha value is -1.88. The van der Waals surface area contributed by atoms with E-state index in [1.165, 1.54) is 0 Å². The molecule has 2 amide bonds. The minimum absolute atomic E-state index is 0.0246. The average Bonchev–Trinajstić information content (AvgIpc) is 2.56. The number of nitrogens with zero attached hydrogens (tertiary/aromatic N) is 1. The van der Waals surface area contributed by atoms with Crippen molar-refractivity contribution in [1.29, 1.82) is 0 Å². The predicted octanol–water partition coefficient (Wildman–Crippen LogP) is 1.97. The van der Waals surface area contributed by atoms with Crippen molar-refractivity contribution in [1.82, 2.24) is 10.2 Å². The average molecular weight is 306 g/mol. The van der Waals surface area contributed by atoms with Crippen LogP contribution >= 0.6 is 0 Å². The van der Waals surface area contributed by atoms with Crippen molar-refractivity contribution in [2.45, 2.75) is 39.3 Å². The number of ether oxygens (including phenoxy) is 1. The summed E-state index contributed by atoms with van der Waals surface area (Å²) in [6.07, 6.45) is 1.14. The monoisotopic (exact) mass is 306 g/mol. The topological polar surface area (TPSA) is 58.6 Å². The van der Waals surface area contributed by atoms with Crippen LogP contribution in [0.2, 0.25) is 0 Å². The van der Waals surface area contributed by atoms with Crippen LogP contribution in [0, 0.1) is 0 Å². The molecule has 1 unspecified atom stereocenters. The van der Waals surface area contributed by atoms with E-state index in [0.29, 0.717) is 26.1 Å². The van der Waals surface area contributed by atoms with E-state index in [1.807, 2.05) is 37.3 Å². The molecule has 0 saturated heterocycles. The lowest BCUT2D eigenvalue weighted by atomic mass is 10.1. The molecular formula is C17H26N2O3. The molecule has 0 aromatic heterocycles. The summed E-state index contributed by atoms with van der Waals surface area (Å²) in [5.41, 5.74) is 1.02. The molecule has 0 fully saturated rings. The van der Waals surface area contributed by atoms with Gasteiger partial charge in [-0.15, -0.1) is 0 Å². The van der Waals surface area contributed by atoms with Crippen LogP contribution in [0.15, 0.2) is 30.3 Å². The van der Waals surface area contributed by atoms with E-state index in [2.05, 4.69) is 5.32 Å². The fourth-order valence-electron chi connectivity index (χ4n) is 2.14. The van der Waals surface area contributed by atoms with E-state index in [-0.39, 0.29) is 11.8 Å². The standard InChI is InChI=1S/C17H26N2O3/c1-4-16(20)19(13-15-9-6-5-7-10-15)14(2)17(21)18-11-8-12-22-3/h5-7,9-10,14H,4,8,11-13H2,1-3H3,(H,18,21). The van der Waals surface area contributed by atoms with Crippen LogP contribution in [-0.4, -0.2) is 43.0 Å². The molecule has 0 bridgehead atoms. The zero-order chi connectivity index (χ0) is 16.4. The van der Waals surface area contributed by atoms with E-state index in [1.54, 1.807) is 18.9 Å². The lowest BCUT2D eigenvalue weighted by molar-refractivity contribution is -0.140. The van der Waals surface area contributed by atoms with Crippen LogP contribution in [0.5, 0.6) is 0 Å². The van der Waals surface area contributed by atoms with Crippen molar-refractivity contribution in [3.05, 3.63) is 35.9 Å². The van der Waals surface area contributed by atoms with E-state index >= 15 is 0 Å². The lowest BCUT2D eigenvalue weighted by Crippen LogP contribution is -2.47. The van der Waals surface area contributed by atoms with Crippen molar-refractivity contribution in [2.24, 2.45) is 0 Å². The molecule has 0 saturated carbocycles. The summed E-state index contributed by atoms with van der Waals surface area (Å²) in [5.74, 6) is -0.155. The van der Waals surface area contributed by atoms with Crippen molar-refractivity contribution in [3.8, 4) is 0 Å². The number of carbonyl (C=O) groups excluding carboxylic acids is 2. The Kier molecular flexibility index (Phi) is 8.22. The number of carbonyl (C=O) groups is 2. The molecule has 0 aliphatic heterocycles. The third-order valence-electron chi connectivity index (χ3n) is 3.49. The van der Waals surface area contributed by atoms with Gasteiger partial charge in [0.15, 0.2) is 0 Å². The zero-order valence-electron chi connectivity index (χ0n) is 13.7. The first-order chi connectivity index (χ1) is 10.6. The molecule has 5 heteroatoms. The second-order valence-corrected chi connectivity index (χ2v) is 5.17. The van der Waals surface area contributed by atoms with E-state index in [0.717, 1.165) is 12.0 Å². The number of benzene rings is 1. The van der Waals surface area contributed by atoms with Gasteiger partial charge < -0.3 is 15.0 Å². The summed E-state index contributed by atoms with van der Waals surface area (Å²) in [4.78, 5) is 26.0. The number of hydrogen-bond acceptors (Lipinski definition) is 3. The predicted molar refractivity (Wildman–Crippen MR) is 86.2 cm³/mol. The third-order valence-corrected chi connectivity index (χ3v) is 3.49. The first kappa shape index (κ1) is 18.2. The van der Waals surface area contributed by atoms with Crippen molar-refractivity contribution >= 4 is 11.8 Å². The third kappa shape index (κ3) is 5.85. The van der Waals surface area contributed by atoms with E-state index < -0.39 is 6.04 Å². The van der Waals surface area contributed by atoms with Gasteiger partial charge in [0, 0.05) is 33.2 Å². The number of rotatable bonds is 9. The highest BCUT2D eigenvalue weighted by molar-refractivity contribution is 5.87. The Morgan fingerprint density at radius 2 is 1.95 bits per heavy atom. The molecule has 0 heterocycles. The molecule has 0 spiro atoms. The van der Waals surface area contributed by atoms with E-state index in [4.69, 9.17) is 4.74 Å². The molecule has 1 aromatic carbocycles. The van der Waals surface area contributed by atoms with Gasteiger partial charge in [0.25, 0.3) is 0 Å². The SMILES string of the molecule is CCC(=O)N(Cc1ccccc1)C(C)C(=O)NCCCOC. The van der Waals surface area contributed by atoms with Crippen molar-refractivity contribution in [3.63, 3.8) is 0 Å². The normalized spacial score (nSPS) is 11.8. The Labute approximate surface area is 132 Å². The quantitative estimate of drug-likeness (QED) is 0.710. The second-order valence-electron chi connectivity index (χ2n) is 5.17. The van der Waals surface area contributed by atoms with Crippen LogP contribution < -0.4 is 5.32 Å². The zero-order valence-corrected chi connectivity index (χ0v) is 13.7. The highest BCUT2D eigenvalue weighted by atomic mass is 16.5. The Morgan fingerprint density at radius 1 is 1.27 bits per heavy atom. The van der Waals surface area contributed by atoms with Crippen LogP contribution in [0.25, 0.3) is 0 Å². The molecule has 1 aromatic rings. The Bertz CT molecular complexity index is 462.